The molecular weight excluding hydrogens is 192 g/mol. The van der Waals surface area contributed by atoms with Crippen molar-refractivity contribution in [2.45, 2.75) is 32.3 Å². The molecule has 1 N–H and O–H groups in total. The van der Waals surface area contributed by atoms with E-state index >= 15 is 0 Å². The molecule has 0 fully saturated rings. The maximum absolute atomic E-state index is 10.8. The fourth-order valence-electron chi connectivity index (χ4n) is 1.86. The summed E-state index contributed by atoms with van der Waals surface area (Å²) in [7, 11) is 0. The van der Waals surface area contributed by atoms with Crippen LogP contribution >= 0.6 is 0 Å². The third kappa shape index (κ3) is 1.48. The van der Waals surface area contributed by atoms with Gasteiger partial charge < -0.3 is 9.84 Å². The van der Waals surface area contributed by atoms with Crippen molar-refractivity contribution in [1.29, 1.82) is 0 Å². The predicted molar refractivity (Wildman–Crippen MR) is 56.5 cm³/mol. The van der Waals surface area contributed by atoms with Crippen LogP contribution in [0.4, 0.5) is 0 Å². The van der Waals surface area contributed by atoms with E-state index in [0.29, 0.717) is 5.56 Å². The summed E-state index contributed by atoms with van der Waals surface area (Å²) in [4.78, 5) is 10.8. The molecule has 0 aromatic heterocycles. The number of benzene rings is 1. The average Bonchev–Trinajstić information content (AvgIpc) is 2.37. The summed E-state index contributed by atoms with van der Waals surface area (Å²) in [5.41, 5.74) is 1.06. The zero-order chi connectivity index (χ0) is 11.2. The first kappa shape index (κ1) is 10.0. The predicted octanol–water partition coefficient (Wildman–Crippen LogP) is 2.66. The minimum Gasteiger partial charge on any atom is -0.487 e. The van der Waals surface area contributed by atoms with Gasteiger partial charge in [0.05, 0.1) is 5.56 Å². The van der Waals surface area contributed by atoms with Crippen molar-refractivity contribution >= 4 is 5.97 Å². The number of carboxylic acid groups (broad SMARTS) is 1. The van der Waals surface area contributed by atoms with Gasteiger partial charge in [-0.3, -0.25) is 0 Å². The fraction of sp³-hybridized carbons (Fsp3) is 0.417. The molecule has 0 radical (unpaired) electrons. The molecule has 0 spiro atoms. The number of hydrogen-bond donors (Lipinski definition) is 1. The van der Waals surface area contributed by atoms with Gasteiger partial charge in [-0.2, -0.15) is 0 Å². The third-order valence-corrected chi connectivity index (χ3v) is 3.14. The molecular formula is C12H14O3. The lowest BCUT2D eigenvalue weighted by atomic mass is 9.88. The van der Waals surface area contributed by atoms with Crippen LogP contribution in [-0.2, 0) is 0 Å². The van der Waals surface area contributed by atoms with Crippen LogP contribution < -0.4 is 4.74 Å². The van der Waals surface area contributed by atoms with E-state index in [4.69, 9.17) is 9.84 Å². The van der Waals surface area contributed by atoms with Gasteiger partial charge in [0.1, 0.15) is 11.4 Å². The Morgan fingerprint density at radius 1 is 1.47 bits per heavy atom. The summed E-state index contributed by atoms with van der Waals surface area (Å²) >= 11 is 0. The molecule has 0 aliphatic carbocycles. The molecule has 1 aliphatic heterocycles. The summed E-state index contributed by atoms with van der Waals surface area (Å²) in [5.74, 6) is 0.124. The van der Waals surface area contributed by atoms with Crippen molar-refractivity contribution in [3.8, 4) is 5.75 Å². The van der Waals surface area contributed by atoms with E-state index in [-0.39, 0.29) is 11.5 Å². The average molecular weight is 206 g/mol. The Kier molecular flexibility index (Phi) is 2.00. The van der Waals surface area contributed by atoms with Crippen LogP contribution in [0.2, 0.25) is 0 Å². The van der Waals surface area contributed by atoms with E-state index in [1.165, 1.54) is 0 Å². The summed E-state index contributed by atoms with van der Waals surface area (Å²) < 4.78 is 5.75. The highest BCUT2D eigenvalue weighted by Gasteiger charge is 2.38. The standard InChI is InChI=1S/C12H14O3/c1-7-9-6-8(11(13)14)4-5-10(9)15-12(7,2)3/h4-7H,1-3H3,(H,13,14). The minimum absolute atomic E-state index is 0.215. The molecule has 3 nitrogen and oxygen atoms in total. The minimum atomic E-state index is -0.894. The molecule has 1 atom stereocenters. The topological polar surface area (TPSA) is 46.5 Å². The summed E-state index contributed by atoms with van der Waals surface area (Å²) in [6.07, 6.45) is 0. The van der Waals surface area contributed by atoms with Gasteiger partial charge in [-0.25, -0.2) is 4.79 Å². The Hall–Kier alpha value is -1.51. The lowest BCUT2D eigenvalue weighted by Crippen LogP contribution is -2.28. The summed E-state index contributed by atoms with van der Waals surface area (Å²) in [5, 5.41) is 8.89. The molecule has 15 heavy (non-hydrogen) atoms. The normalized spacial score (nSPS) is 21.9. The van der Waals surface area contributed by atoms with Gasteiger partial charge in [0.2, 0.25) is 0 Å². The van der Waals surface area contributed by atoms with Crippen LogP contribution in [-0.4, -0.2) is 16.7 Å². The van der Waals surface area contributed by atoms with Crippen molar-refractivity contribution < 1.29 is 14.6 Å². The van der Waals surface area contributed by atoms with E-state index in [1.807, 2.05) is 13.8 Å². The number of carbonyl (C=O) groups is 1. The zero-order valence-electron chi connectivity index (χ0n) is 9.07. The van der Waals surface area contributed by atoms with E-state index in [0.717, 1.165) is 11.3 Å². The van der Waals surface area contributed by atoms with Gasteiger partial charge >= 0.3 is 5.97 Å². The fourth-order valence-corrected chi connectivity index (χ4v) is 1.86. The Morgan fingerprint density at radius 2 is 2.13 bits per heavy atom. The second-order valence-corrected chi connectivity index (χ2v) is 4.48. The van der Waals surface area contributed by atoms with Gasteiger partial charge in [0.25, 0.3) is 0 Å². The first-order valence-corrected chi connectivity index (χ1v) is 4.98. The number of rotatable bonds is 1. The van der Waals surface area contributed by atoms with Gasteiger partial charge in [-0.05, 0) is 32.0 Å². The van der Waals surface area contributed by atoms with Gasteiger partial charge in [0, 0.05) is 11.5 Å². The molecule has 1 unspecified atom stereocenters. The highest BCUT2D eigenvalue weighted by molar-refractivity contribution is 5.88. The first-order valence-electron chi connectivity index (χ1n) is 4.98. The van der Waals surface area contributed by atoms with Gasteiger partial charge in [0.15, 0.2) is 0 Å². The van der Waals surface area contributed by atoms with Crippen LogP contribution in [0.15, 0.2) is 18.2 Å². The highest BCUT2D eigenvalue weighted by Crippen LogP contribution is 2.44. The molecule has 2 rings (SSSR count). The van der Waals surface area contributed by atoms with Gasteiger partial charge in [-0.1, -0.05) is 6.92 Å². The summed E-state index contributed by atoms with van der Waals surface area (Å²) in [6, 6.07) is 5.02. The van der Waals surface area contributed by atoms with Crippen LogP contribution in [0, 0.1) is 0 Å². The van der Waals surface area contributed by atoms with Crippen LogP contribution in [0.1, 0.15) is 42.6 Å². The lowest BCUT2D eigenvalue weighted by Gasteiger charge is -2.22. The Bertz CT molecular complexity index is 421. The SMILES string of the molecule is CC1c2cc(C(=O)O)ccc2OC1(C)C. The van der Waals surface area contributed by atoms with E-state index in [1.54, 1.807) is 18.2 Å². The molecule has 1 aromatic rings. The van der Waals surface area contributed by atoms with Crippen LogP contribution in [0.3, 0.4) is 0 Å². The maximum atomic E-state index is 10.8. The maximum Gasteiger partial charge on any atom is 0.335 e. The van der Waals surface area contributed by atoms with Crippen molar-refractivity contribution in [2.24, 2.45) is 0 Å². The number of hydrogen-bond acceptors (Lipinski definition) is 2. The molecule has 0 amide bonds. The van der Waals surface area contributed by atoms with Crippen LogP contribution in [0.5, 0.6) is 5.75 Å². The Balaban J connectivity index is 2.49. The molecule has 0 saturated carbocycles. The van der Waals surface area contributed by atoms with Crippen LogP contribution in [0.25, 0.3) is 0 Å². The second-order valence-electron chi connectivity index (χ2n) is 4.48. The van der Waals surface area contributed by atoms with E-state index < -0.39 is 5.97 Å². The van der Waals surface area contributed by atoms with E-state index in [2.05, 4.69) is 6.92 Å². The monoisotopic (exact) mass is 206 g/mol. The lowest BCUT2D eigenvalue weighted by molar-refractivity contribution is 0.0696. The molecule has 1 aliphatic rings. The number of aromatic carboxylic acids is 1. The molecule has 0 bridgehead atoms. The number of ether oxygens (including phenoxy) is 1. The largest absolute Gasteiger partial charge is 0.487 e. The number of fused-ring (bicyclic) bond motifs is 1. The molecule has 1 heterocycles. The van der Waals surface area contributed by atoms with Gasteiger partial charge in [-0.15, -0.1) is 0 Å². The molecule has 1 aromatic carbocycles. The highest BCUT2D eigenvalue weighted by atomic mass is 16.5. The van der Waals surface area contributed by atoms with Crippen molar-refractivity contribution in [1.82, 2.24) is 0 Å². The Morgan fingerprint density at radius 3 is 2.73 bits per heavy atom. The number of carboxylic acids is 1. The molecule has 3 heteroatoms. The molecule has 0 saturated heterocycles. The van der Waals surface area contributed by atoms with Crippen molar-refractivity contribution in [3.63, 3.8) is 0 Å². The zero-order valence-corrected chi connectivity index (χ0v) is 9.07. The van der Waals surface area contributed by atoms with Crippen molar-refractivity contribution in [2.75, 3.05) is 0 Å². The Labute approximate surface area is 88.7 Å². The quantitative estimate of drug-likeness (QED) is 0.768. The first-order chi connectivity index (χ1) is 6.92. The summed E-state index contributed by atoms with van der Waals surface area (Å²) in [6.45, 7) is 6.08. The molecule has 80 valence electrons. The smallest absolute Gasteiger partial charge is 0.335 e. The second kappa shape index (κ2) is 2.99. The third-order valence-electron chi connectivity index (χ3n) is 3.14. The van der Waals surface area contributed by atoms with E-state index in [9.17, 15) is 4.79 Å². The van der Waals surface area contributed by atoms with Crippen molar-refractivity contribution in [3.05, 3.63) is 29.3 Å².